The fourth-order valence-electron chi connectivity index (χ4n) is 4.13. The van der Waals surface area contributed by atoms with Gasteiger partial charge in [-0.15, -0.1) is 0 Å². The number of hydrogen-bond acceptors (Lipinski definition) is 8. The third-order valence-electron chi connectivity index (χ3n) is 6.21. The molecule has 0 radical (unpaired) electrons. The van der Waals surface area contributed by atoms with Gasteiger partial charge in [0.05, 0.1) is 18.0 Å². The van der Waals surface area contributed by atoms with Crippen LogP contribution in [0.3, 0.4) is 0 Å². The van der Waals surface area contributed by atoms with Gasteiger partial charge in [0.15, 0.2) is 6.61 Å². The minimum Gasteiger partial charge on any atom is -0.492 e. The van der Waals surface area contributed by atoms with Gasteiger partial charge in [-0.3, -0.25) is 4.72 Å². The molecule has 0 spiro atoms. The van der Waals surface area contributed by atoms with Crippen LogP contribution in [0.15, 0.2) is 97.1 Å². The largest absolute Gasteiger partial charge is 0.492 e. The molecule has 0 fully saturated rings. The Morgan fingerprint density at radius 3 is 2.07 bits per heavy atom. The summed E-state index contributed by atoms with van der Waals surface area (Å²) < 4.78 is 43.2. The van der Waals surface area contributed by atoms with Crippen molar-refractivity contribution >= 4 is 21.7 Å². The molecule has 4 rings (SSSR count). The first kappa shape index (κ1) is 31.4. The minimum atomic E-state index is -3.57. The van der Waals surface area contributed by atoms with Crippen molar-refractivity contribution in [1.29, 1.82) is 0 Å². The van der Waals surface area contributed by atoms with E-state index >= 15 is 0 Å². The number of sulfonamides is 1. The Balaban J connectivity index is 1.24. The van der Waals surface area contributed by atoms with Crippen molar-refractivity contribution < 1.29 is 37.6 Å². The Hall–Kier alpha value is -4.58. The number of hydrogen-bond donors (Lipinski definition) is 4. The summed E-state index contributed by atoms with van der Waals surface area (Å²) in [5.74, 6) is 0.508. The van der Waals surface area contributed by atoms with E-state index in [9.17, 15) is 18.3 Å². The fraction of sp³-hybridized carbons (Fsp3) is 0.219. The van der Waals surface area contributed by atoms with Crippen molar-refractivity contribution in [3.63, 3.8) is 0 Å². The molecular weight excluding hydrogens is 572 g/mol. The highest BCUT2D eigenvalue weighted by atomic mass is 32.2. The maximum Gasteiger partial charge on any atom is 0.341 e. The van der Waals surface area contributed by atoms with Crippen molar-refractivity contribution in [3.05, 3.63) is 108 Å². The van der Waals surface area contributed by atoms with Crippen LogP contribution in [0, 0.1) is 0 Å². The van der Waals surface area contributed by atoms with E-state index in [1.807, 2.05) is 66.7 Å². The zero-order valence-corrected chi connectivity index (χ0v) is 24.4. The number of carboxylic acid groups (broad SMARTS) is 1. The Bertz CT molecular complexity index is 1580. The second kappa shape index (κ2) is 15.1. The molecule has 0 unspecified atom stereocenters. The van der Waals surface area contributed by atoms with Gasteiger partial charge in [-0.1, -0.05) is 60.7 Å². The smallest absolute Gasteiger partial charge is 0.341 e. The Morgan fingerprint density at radius 2 is 1.47 bits per heavy atom. The lowest BCUT2D eigenvalue weighted by Gasteiger charge is -2.17. The number of anilines is 1. The molecule has 0 aromatic heterocycles. The van der Waals surface area contributed by atoms with Crippen LogP contribution in [-0.2, 0) is 21.4 Å². The number of carboxylic acids is 1. The SMILES string of the molecule is CS(=O)(=O)Nc1cc([C@H](O)CNCCOc2ccc(-c3ccc(OCC(=O)O)cc3)cc2)ccc1OCc1ccccc1. The summed E-state index contributed by atoms with van der Waals surface area (Å²) in [6.45, 7) is 0.959. The standard InChI is InChI=1S/C32H34N2O8S/c1-43(38,39)34-29-19-26(11-16-31(29)42-21-23-5-3-2-4-6-23)30(35)20-33-17-18-40-27-12-7-24(8-13-27)25-9-14-28(15-10-25)41-22-32(36)37/h2-16,19,30,33-35H,17-18,20-22H2,1H3,(H,36,37)/t30-/m1/s1. The number of aliphatic hydroxyl groups excluding tert-OH is 1. The van der Waals surface area contributed by atoms with Gasteiger partial charge < -0.3 is 29.7 Å². The molecule has 4 N–H and O–H groups in total. The minimum absolute atomic E-state index is 0.233. The van der Waals surface area contributed by atoms with E-state index in [-0.39, 0.29) is 25.4 Å². The number of carbonyl (C=O) groups is 1. The summed E-state index contributed by atoms with van der Waals surface area (Å²) in [5.41, 5.74) is 3.65. The molecule has 0 saturated heterocycles. The molecule has 0 bridgehead atoms. The number of aliphatic carboxylic acids is 1. The van der Waals surface area contributed by atoms with Crippen LogP contribution in [-0.4, -0.2) is 57.2 Å². The summed E-state index contributed by atoms with van der Waals surface area (Å²) in [6.07, 6.45) is 0.175. The zero-order valence-electron chi connectivity index (χ0n) is 23.6. The van der Waals surface area contributed by atoms with E-state index in [4.69, 9.17) is 19.3 Å². The molecule has 43 heavy (non-hydrogen) atoms. The maximum atomic E-state index is 11.9. The number of ether oxygens (including phenoxy) is 3. The fourth-order valence-corrected chi connectivity index (χ4v) is 4.68. The average molecular weight is 607 g/mol. The molecule has 226 valence electrons. The number of nitrogens with one attached hydrogen (secondary N) is 2. The van der Waals surface area contributed by atoms with Gasteiger partial charge in [-0.2, -0.15) is 0 Å². The summed E-state index contributed by atoms with van der Waals surface area (Å²) in [5, 5.41) is 22.6. The normalized spacial score (nSPS) is 11.9. The van der Waals surface area contributed by atoms with Crippen molar-refractivity contribution in [1.82, 2.24) is 5.32 Å². The van der Waals surface area contributed by atoms with E-state index in [0.29, 0.717) is 36.0 Å². The predicted octanol–water partition coefficient (Wildman–Crippen LogP) is 4.47. The van der Waals surface area contributed by atoms with Crippen molar-refractivity contribution in [3.8, 4) is 28.4 Å². The molecule has 0 aliphatic rings. The lowest BCUT2D eigenvalue weighted by Crippen LogP contribution is -2.26. The van der Waals surface area contributed by atoms with Gasteiger partial charge in [0.25, 0.3) is 0 Å². The highest BCUT2D eigenvalue weighted by Gasteiger charge is 2.14. The Kier molecular flexibility index (Phi) is 11.0. The second-order valence-corrected chi connectivity index (χ2v) is 11.5. The molecular formula is C32H34N2O8S. The van der Waals surface area contributed by atoms with Crippen LogP contribution in [0.5, 0.6) is 17.2 Å². The summed E-state index contributed by atoms with van der Waals surface area (Å²) in [4.78, 5) is 10.6. The van der Waals surface area contributed by atoms with Crippen LogP contribution in [0.25, 0.3) is 11.1 Å². The maximum absolute atomic E-state index is 11.9. The van der Waals surface area contributed by atoms with E-state index in [2.05, 4.69) is 10.0 Å². The summed E-state index contributed by atoms with van der Waals surface area (Å²) in [6, 6.07) is 29.2. The molecule has 0 amide bonds. The third kappa shape index (κ3) is 10.3. The Morgan fingerprint density at radius 1 is 0.837 bits per heavy atom. The highest BCUT2D eigenvalue weighted by molar-refractivity contribution is 7.92. The van der Waals surface area contributed by atoms with Crippen molar-refractivity contribution in [2.45, 2.75) is 12.7 Å². The lowest BCUT2D eigenvalue weighted by molar-refractivity contribution is -0.139. The summed E-state index contributed by atoms with van der Waals surface area (Å²) in [7, 11) is -3.57. The predicted molar refractivity (Wildman–Crippen MR) is 164 cm³/mol. The summed E-state index contributed by atoms with van der Waals surface area (Å²) >= 11 is 0. The van der Waals surface area contributed by atoms with Crippen LogP contribution >= 0.6 is 0 Å². The van der Waals surface area contributed by atoms with Gasteiger partial charge in [0.1, 0.15) is 30.5 Å². The molecule has 1 atom stereocenters. The van der Waals surface area contributed by atoms with Gasteiger partial charge in [0, 0.05) is 13.1 Å². The topological polar surface area (TPSA) is 143 Å². The lowest BCUT2D eigenvalue weighted by atomic mass is 10.1. The van der Waals surface area contributed by atoms with Crippen LogP contribution < -0.4 is 24.2 Å². The van der Waals surface area contributed by atoms with E-state index in [0.717, 1.165) is 22.9 Å². The number of benzene rings is 4. The van der Waals surface area contributed by atoms with Crippen LogP contribution in [0.2, 0.25) is 0 Å². The molecule has 4 aromatic carbocycles. The molecule has 0 heterocycles. The zero-order chi connectivity index (χ0) is 30.7. The van der Waals surface area contributed by atoms with Gasteiger partial charge in [0.2, 0.25) is 10.0 Å². The average Bonchev–Trinajstić information content (AvgIpc) is 2.99. The molecule has 0 aliphatic carbocycles. The van der Waals surface area contributed by atoms with E-state index in [1.54, 1.807) is 30.3 Å². The molecule has 0 saturated carbocycles. The van der Waals surface area contributed by atoms with Gasteiger partial charge in [-0.25, -0.2) is 13.2 Å². The molecule has 10 nitrogen and oxygen atoms in total. The van der Waals surface area contributed by atoms with Crippen molar-refractivity contribution in [2.24, 2.45) is 0 Å². The highest BCUT2D eigenvalue weighted by Crippen LogP contribution is 2.30. The number of rotatable bonds is 16. The van der Waals surface area contributed by atoms with Crippen LogP contribution in [0.1, 0.15) is 17.2 Å². The Labute approximate surface area is 250 Å². The van der Waals surface area contributed by atoms with Crippen LogP contribution in [0.4, 0.5) is 5.69 Å². The van der Waals surface area contributed by atoms with Gasteiger partial charge >= 0.3 is 5.97 Å². The van der Waals surface area contributed by atoms with Gasteiger partial charge in [-0.05, 0) is 58.7 Å². The quantitative estimate of drug-likeness (QED) is 0.136. The molecule has 11 heteroatoms. The molecule has 0 aliphatic heterocycles. The first-order valence-corrected chi connectivity index (χ1v) is 15.4. The van der Waals surface area contributed by atoms with Crippen molar-refractivity contribution in [2.75, 3.05) is 37.3 Å². The first-order chi connectivity index (χ1) is 20.7. The van der Waals surface area contributed by atoms with E-state index < -0.39 is 22.1 Å². The second-order valence-electron chi connectivity index (χ2n) is 9.70. The first-order valence-electron chi connectivity index (χ1n) is 13.5. The number of aliphatic hydroxyl groups is 1. The monoisotopic (exact) mass is 606 g/mol. The molecule has 4 aromatic rings. The third-order valence-corrected chi connectivity index (χ3v) is 6.80. The van der Waals surface area contributed by atoms with E-state index in [1.165, 1.54) is 0 Å².